The number of carbonyl (C=O) groups excluding carboxylic acids is 1. The first kappa shape index (κ1) is 28.4. The van der Waals surface area contributed by atoms with E-state index in [-0.39, 0.29) is 36.1 Å². The SMILES string of the molecule is O=C(CN(CCN1CCOCC1)S(=O)(=O)c1ccc([N+](=O)[O-])cc1)N(CCc1ccccc1)Cc1ccco1. The van der Waals surface area contributed by atoms with E-state index in [2.05, 4.69) is 4.90 Å². The summed E-state index contributed by atoms with van der Waals surface area (Å²) >= 11 is 0. The van der Waals surface area contributed by atoms with Crippen LogP contribution in [0.3, 0.4) is 0 Å². The van der Waals surface area contributed by atoms with Gasteiger partial charge in [0.2, 0.25) is 15.9 Å². The molecule has 3 aromatic rings. The quantitative estimate of drug-likeness (QED) is 0.232. The van der Waals surface area contributed by atoms with Gasteiger partial charge in [0.15, 0.2) is 0 Å². The Morgan fingerprint density at radius 1 is 0.974 bits per heavy atom. The number of rotatable bonds is 13. The minimum atomic E-state index is -4.12. The van der Waals surface area contributed by atoms with Crippen LogP contribution in [0.2, 0.25) is 0 Å². The third-order valence-corrected chi connectivity index (χ3v) is 8.42. The number of nitro benzene ring substituents is 1. The van der Waals surface area contributed by atoms with E-state index in [1.807, 2.05) is 30.3 Å². The average Bonchev–Trinajstić information content (AvgIpc) is 3.47. The van der Waals surface area contributed by atoms with Gasteiger partial charge >= 0.3 is 0 Å². The van der Waals surface area contributed by atoms with E-state index in [1.165, 1.54) is 18.4 Å². The van der Waals surface area contributed by atoms with Crippen LogP contribution in [0.5, 0.6) is 0 Å². The van der Waals surface area contributed by atoms with Gasteiger partial charge in [0.25, 0.3) is 5.69 Å². The molecule has 1 aromatic heterocycles. The summed E-state index contributed by atoms with van der Waals surface area (Å²) < 4.78 is 39.3. The molecule has 0 saturated carbocycles. The van der Waals surface area contributed by atoms with E-state index in [4.69, 9.17) is 9.15 Å². The molecule has 12 heteroatoms. The van der Waals surface area contributed by atoms with E-state index in [1.54, 1.807) is 17.0 Å². The summed E-state index contributed by atoms with van der Waals surface area (Å²) in [6, 6.07) is 17.9. The Kier molecular flexibility index (Phi) is 9.82. The number of benzene rings is 2. The molecule has 39 heavy (non-hydrogen) atoms. The topological polar surface area (TPSA) is 126 Å². The Labute approximate surface area is 227 Å². The highest BCUT2D eigenvalue weighted by atomic mass is 32.2. The van der Waals surface area contributed by atoms with Crippen molar-refractivity contribution in [2.45, 2.75) is 17.9 Å². The number of carbonyl (C=O) groups is 1. The lowest BCUT2D eigenvalue weighted by Gasteiger charge is -2.30. The second-order valence-corrected chi connectivity index (χ2v) is 11.1. The highest BCUT2D eigenvalue weighted by Gasteiger charge is 2.30. The molecule has 1 fully saturated rings. The van der Waals surface area contributed by atoms with Crippen molar-refractivity contribution < 1.29 is 27.3 Å². The summed E-state index contributed by atoms with van der Waals surface area (Å²) in [5.41, 5.74) is 0.841. The van der Waals surface area contributed by atoms with Gasteiger partial charge in [-0.3, -0.25) is 19.8 Å². The van der Waals surface area contributed by atoms with E-state index in [0.717, 1.165) is 22.0 Å². The minimum Gasteiger partial charge on any atom is -0.467 e. The number of nitro groups is 1. The van der Waals surface area contributed by atoms with Crippen molar-refractivity contribution in [1.29, 1.82) is 0 Å². The van der Waals surface area contributed by atoms with Crippen molar-refractivity contribution in [1.82, 2.24) is 14.1 Å². The van der Waals surface area contributed by atoms with Gasteiger partial charge in [-0.25, -0.2) is 8.42 Å². The van der Waals surface area contributed by atoms with Crippen LogP contribution in [0.15, 0.2) is 82.3 Å². The molecule has 0 radical (unpaired) electrons. The van der Waals surface area contributed by atoms with Crippen molar-refractivity contribution in [3.05, 3.63) is 94.4 Å². The fraction of sp³-hybridized carbons (Fsp3) is 0.370. The zero-order chi connectivity index (χ0) is 27.7. The largest absolute Gasteiger partial charge is 0.467 e. The number of ether oxygens (including phenoxy) is 1. The van der Waals surface area contributed by atoms with Crippen LogP contribution in [-0.2, 0) is 32.5 Å². The molecule has 0 N–H and O–H groups in total. The van der Waals surface area contributed by atoms with Crippen LogP contribution in [-0.4, -0.2) is 85.8 Å². The Bertz CT molecular complexity index is 1310. The van der Waals surface area contributed by atoms with Crippen molar-refractivity contribution in [3.8, 4) is 0 Å². The lowest BCUT2D eigenvalue weighted by atomic mass is 10.1. The number of nitrogens with zero attached hydrogens (tertiary/aromatic N) is 4. The molecule has 1 saturated heterocycles. The summed E-state index contributed by atoms with van der Waals surface area (Å²) in [7, 11) is -4.12. The standard InChI is InChI=1S/C27H32N4O7S/c32-27(29(21-25-7-4-18-38-25)13-12-23-5-2-1-3-6-23)22-30(15-14-28-16-19-37-20-17-28)39(35,36)26-10-8-24(9-11-26)31(33)34/h1-11,18H,12-17,19-22H2. The molecule has 208 valence electrons. The van der Waals surface area contributed by atoms with E-state index < -0.39 is 14.9 Å². The maximum atomic E-state index is 13.7. The third-order valence-electron chi connectivity index (χ3n) is 6.56. The lowest BCUT2D eigenvalue weighted by molar-refractivity contribution is -0.384. The van der Waals surface area contributed by atoms with Crippen LogP contribution in [0.4, 0.5) is 5.69 Å². The predicted molar refractivity (Wildman–Crippen MR) is 143 cm³/mol. The number of furan rings is 1. The first-order valence-corrected chi connectivity index (χ1v) is 14.2. The van der Waals surface area contributed by atoms with Crippen LogP contribution >= 0.6 is 0 Å². The average molecular weight is 557 g/mol. The first-order chi connectivity index (χ1) is 18.8. The van der Waals surface area contributed by atoms with Gasteiger partial charge in [0.05, 0.1) is 42.4 Å². The summed E-state index contributed by atoms with van der Waals surface area (Å²) in [5.74, 6) is 0.226. The molecule has 1 aliphatic rings. The van der Waals surface area contributed by atoms with E-state index in [9.17, 15) is 23.3 Å². The highest BCUT2D eigenvalue weighted by Crippen LogP contribution is 2.20. The van der Waals surface area contributed by atoms with Crippen molar-refractivity contribution >= 4 is 21.6 Å². The van der Waals surface area contributed by atoms with Crippen LogP contribution < -0.4 is 0 Å². The van der Waals surface area contributed by atoms with Gasteiger partial charge < -0.3 is 14.1 Å². The number of morpholine rings is 1. The third kappa shape index (κ3) is 7.96. The molecule has 0 atom stereocenters. The minimum absolute atomic E-state index is 0.0817. The van der Waals surface area contributed by atoms with E-state index >= 15 is 0 Å². The Hall–Kier alpha value is -3.58. The van der Waals surface area contributed by atoms with Crippen LogP contribution in [0, 0.1) is 10.1 Å². The molecule has 2 aromatic carbocycles. The van der Waals surface area contributed by atoms with Gasteiger partial charge in [-0.2, -0.15) is 4.31 Å². The number of hydrogen-bond acceptors (Lipinski definition) is 8. The number of hydrogen-bond donors (Lipinski definition) is 0. The normalized spacial score (nSPS) is 14.4. The predicted octanol–water partition coefficient (Wildman–Crippen LogP) is 2.78. The van der Waals surface area contributed by atoms with Crippen molar-refractivity contribution in [3.63, 3.8) is 0 Å². The summed E-state index contributed by atoms with van der Waals surface area (Å²) in [4.78, 5) is 27.7. The summed E-state index contributed by atoms with van der Waals surface area (Å²) in [5, 5.41) is 11.1. The van der Waals surface area contributed by atoms with Crippen molar-refractivity contribution in [2.75, 3.05) is 52.5 Å². The second kappa shape index (κ2) is 13.5. The van der Waals surface area contributed by atoms with Gasteiger partial charge in [0, 0.05) is 44.9 Å². The molecular weight excluding hydrogens is 524 g/mol. The van der Waals surface area contributed by atoms with Crippen LogP contribution in [0.1, 0.15) is 11.3 Å². The Balaban J connectivity index is 1.55. The molecule has 2 heterocycles. The van der Waals surface area contributed by atoms with Crippen molar-refractivity contribution in [2.24, 2.45) is 0 Å². The van der Waals surface area contributed by atoms with Gasteiger partial charge in [-0.05, 0) is 36.2 Å². The summed E-state index contributed by atoms with van der Waals surface area (Å²) in [6.07, 6.45) is 2.12. The molecule has 4 rings (SSSR count). The maximum Gasteiger partial charge on any atom is 0.269 e. The van der Waals surface area contributed by atoms with Gasteiger partial charge in [0.1, 0.15) is 5.76 Å². The fourth-order valence-corrected chi connectivity index (χ4v) is 5.67. The molecule has 1 aliphatic heterocycles. The highest BCUT2D eigenvalue weighted by molar-refractivity contribution is 7.89. The molecule has 0 unspecified atom stereocenters. The van der Waals surface area contributed by atoms with Gasteiger partial charge in [-0.15, -0.1) is 0 Å². The maximum absolute atomic E-state index is 13.7. The fourth-order valence-electron chi connectivity index (χ4n) is 4.29. The summed E-state index contributed by atoms with van der Waals surface area (Å²) in [6.45, 7) is 3.16. The number of amides is 1. The number of non-ortho nitro benzene ring substituents is 1. The Morgan fingerprint density at radius 2 is 1.69 bits per heavy atom. The molecule has 1 amide bonds. The lowest BCUT2D eigenvalue weighted by Crippen LogP contribution is -2.47. The first-order valence-electron chi connectivity index (χ1n) is 12.7. The van der Waals surface area contributed by atoms with Crippen LogP contribution in [0.25, 0.3) is 0 Å². The van der Waals surface area contributed by atoms with Gasteiger partial charge in [-0.1, -0.05) is 30.3 Å². The molecule has 0 spiro atoms. The van der Waals surface area contributed by atoms with E-state index in [0.29, 0.717) is 51.6 Å². The molecule has 11 nitrogen and oxygen atoms in total. The molecular formula is C27H32N4O7S. The second-order valence-electron chi connectivity index (χ2n) is 9.17. The Morgan fingerprint density at radius 3 is 2.33 bits per heavy atom. The number of sulfonamides is 1. The zero-order valence-electron chi connectivity index (χ0n) is 21.6. The molecule has 0 bridgehead atoms. The monoisotopic (exact) mass is 556 g/mol. The smallest absolute Gasteiger partial charge is 0.269 e. The molecule has 0 aliphatic carbocycles. The zero-order valence-corrected chi connectivity index (χ0v) is 22.4.